The molecule has 6 nitrogen and oxygen atoms in total. The van der Waals surface area contributed by atoms with Gasteiger partial charge in [-0.05, 0) is 67.4 Å². The first-order valence-electron chi connectivity index (χ1n) is 9.75. The fourth-order valence-electron chi connectivity index (χ4n) is 2.95. The molecule has 3 aromatic rings. The maximum Gasteiger partial charge on any atom is 0.254 e. The average molecular weight is 456 g/mol. The van der Waals surface area contributed by atoms with Gasteiger partial charge in [0.25, 0.3) is 5.91 Å². The molecule has 31 heavy (non-hydrogen) atoms. The molecule has 0 aliphatic carbocycles. The number of carbonyl (C=O) groups is 1. The van der Waals surface area contributed by atoms with E-state index in [0.717, 1.165) is 10.5 Å². The lowest BCUT2D eigenvalue weighted by molar-refractivity contribution is 0.0947. The van der Waals surface area contributed by atoms with E-state index < -0.39 is 10.0 Å². The van der Waals surface area contributed by atoms with Gasteiger partial charge in [0.05, 0.1) is 11.3 Å². The van der Waals surface area contributed by atoms with Gasteiger partial charge in [-0.1, -0.05) is 42.1 Å². The Balaban J connectivity index is 1.76. The summed E-state index contributed by atoms with van der Waals surface area (Å²) >= 11 is 1.44. The molecule has 1 amide bonds. The van der Waals surface area contributed by atoms with Crippen molar-refractivity contribution in [1.29, 1.82) is 0 Å². The van der Waals surface area contributed by atoms with Gasteiger partial charge in [0, 0.05) is 17.6 Å². The van der Waals surface area contributed by atoms with Gasteiger partial charge in [-0.15, -0.1) is 0 Å². The summed E-state index contributed by atoms with van der Waals surface area (Å²) in [5.74, 6) is -0.401. The number of sulfonamides is 1. The first kappa shape index (κ1) is 23.0. The van der Waals surface area contributed by atoms with Crippen LogP contribution in [0, 0.1) is 13.8 Å². The van der Waals surface area contributed by atoms with Crippen molar-refractivity contribution >= 4 is 27.7 Å². The van der Waals surface area contributed by atoms with Crippen LogP contribution in [0.25, 0.3) is 0 Å². The summed E-state index contributed by atoms with van der Waals surface area (Å²) in [6, 6.07) is 16.8. The standard InChI is InChI=1S/C23H25N3O3S2/c1-16-10-11-20(13-17(16)2)30-23-21(9-6-12-25-23)22(27)26-14-18-7-4-5-8-19(18)15-31(28,29)24-3/h4-13,24H,14-15H2,1-3H3,(H,26,27). The van der Waals surface area contributed by atoms with Crippen molar-refractivity contribution < 1.29 is 13.2 Å². The predicted octanol–water partition coefficient (Wildman–Crippen LogP) is 3.83. The molecule has 8 heteroatoms. The number of aromatic nitrogens is 1. The van der Waals surface area contributed by atoms with Gasteiger partial charge >= 0.3 is 0 Å². The average Bonchev–Trinajstić information content (AvgIpc) is 2.75. The van der Waals surface area contributed by atoms with Crippen molar-refractivity contribution in [3.8, 4) is 0 Å². The van der Waals surface area contributed by atoms with Gasteiger partial charge in [-0.3, -0.25) is 4.79 Å². The van der Waals surface area contributed by atoms with E-state index in [1.807, 2.05) is 18.2 Å². The van der Waals surface area contributed by atoms with Crippen LogP contribution in [-0.2, 0) is 22.3 Å². The van der Waals surface area contributed by atoms with E-state index in [1.54, 1.807) is 30.5 Å². The summed E-state index contributed by atoms with van der Waals surface area (Å²) in [6.45, 7) is 4.33. The summed E-state index contributed by atoms with van der Waals surface area (Å²) < 4.78 is 26.2. The molecule has 0 fully saturated rings. The quantitative estimate of drug-likeness (QED) is 0.539. The Labute approximate surface area is 187 Å². The van der Waals surface area contributed by atoms with Crippen molar-refractivity contribution in [1.82, 2.24) is 15.0 Å². The van der Waals surface area contributed by atoms with Gasteiger partial charge in [0.1, 0.15) is 5.03 Å². The van der Waals surface area contributed by atoms with E-state index >= 15 is 0 Å². The minimum atomic E-state index is -3.41. The molecule has 0 saturated heterocycles. The highest BCUT2D eigenvalue weighted by molar-refractivity contribution is 7.99. The second-order valence-corrected chi connectivity index (χ2v) is 10.1. The first-order chi connectivity index (χ1) is 14.8. The van der Waals surface area contributed by atoms with Crippen molar-refractivity contribution in [3.05, 3.63) is 88.6 Å². The summed E-state index contributed by atoms with van der Waals surface area (Å²) in [6.07, 6.45) is 1.66. The molecule has 0 saturated carbocycles. The van der Waals surface area contributed by atoms with E-state index in [2.05, 4.69) is 41.0 Å². The Morgan fingerprint density at radius 1 is 1.00 bits per heavy atom. The number of hydrogen-bond donors (Lipinski definition) is 2. The van der Waals surface area contributed by atoms with Gasteiger partial charge < -0.3 is 5.32 Å². The van der Waals surface area contributed by atoms with Crippen molar-refractivity contribution in [2.75, 3.05) is 7.05 Å². The minimum absolute atomic E-state index is 0.143. The van der Waals surface area contributed by atoms with Crippen molar-refractivity contribution in [2.45, 2.75) is 36.1 Å². The van der Waals surface area contributed by atoms with Crippen LogP contribution in [0.4, 0.5) is 0 Å². The molecule has 0 aliphatic heterocycles. The number of nitrogens with one attached hydrogen (secondary N) is 2. The number of benzene rings is 2. The molecule has 0 atom stereocenters. The highest BCUT2D eigenvalue weighted by Gasteiger charge is 2.16. The smallest absolute Gasteiger partial charge is 0.254 e. The zero-order chi connectivity index (χ0) is 22.4. The van der Waals surface area contributed by atoms with E-state index in [4.69, 9.17) is 0 Å². The number of aryl methyl sites for hydroxylation is 2. The van der Waals surface area contributed by atoms with Crippen molar-refractivity contribution in [3.63, 3.8) is 0 Å². The largest absolute Gasteiger partial charge is 0.348 e. The fourth-order valence-corrected chi connectivity index (χ4v) is 4.77. The Morgan fingerprint density at radius 3 is 2.45 bits per heavy atom. The van der Waals surface area contributed by atoms with E-state index in [1.165, 1.54) is 29.9 Å². The molecule has 1 heterocycles. The fraction of sp³-hybridized carbons (Fsp3) is 0.217. The normalized spacial score (nSPS) is 11.3. The topological polar surface area (TPSA) is 88.2 Å². The number of amides is 1. The maximum absolute atomic E-state index is 12.9. The second-order valence-electron chi connectivity index (χ2n) is 7.12. The van der Waals surface area contributed by atoms with E-state index in [0.29, 0.717) is 16.2 Å². The number of nitrogens with zero attached hydrogens (tertiary/aromatic N) is 1. The van der Waals surface area contributed by atoms with Crippen LogP contribution in [0.15, 0.2) is 70.7 Å². The van der Waals surface area contributed by atoms with Crippen LogP contribution in [0.3, 0.4) is 0 Å². The minimum Gasteiger partial charge on any atom is -0.348 e. The molecule has 2 N–H and O–H groups in total. The van der Waals surface area contributed by atoms with Gasteiger partial charge in [0.2, 0.25) is 10.0 Å². The molecule has 1 aromatic heterocycles. The molecule has 0 radical (unpaired) electrons. The zero-order valence-corrected chi connectivity index (χ0v) is 19.3. The van der Waals surface area contributed by atoms with Crippen LogP contribution >= 0.6 is 11.8 Å². The van der Waals surface area contributed by atoms with Crippen LogP contribution < -0.4 is 10.0 Å². The maximum atomic E-state index is 12.9. The van der Waals surface area contributed by atoms with Crippen LogP contribution in [0.5, 0.6) is 0 Å². The third-order valence-electron chi connectivity index (χ3n) is 4.92. The Morgan fingerprint density at radius 2 is 1.74 bits per heavy atom. The number of carbonyl (C=O) groups excluding carboxylic acids is 1. The van der Waals surface area contributed by atoms with Crippen LogP contribution in [-0.4, -0.2) is 26.4 Å². The molecule has 2 aromatic carbocycles. The van der Waals surface area contributed by atoms with Crippen LogP contribution in [0.1, 0.15) is 32.6 Å². The third-order valence-corrected chi connectivity index (χ3v) is 7.24. The molecule has 0 bridgehead atoms. The summed E-state index contributed by atoms with van der Waals surface area (Å²) in [4.78, 5) is 18.3. The third kappa shape index (κ3) is 6.16. The Kier molecular flexibility index (Phi) is 7.48. The van der Waals surface area contributed by atoms with E-state index in [-0.39, 0.29) is 18.2 Å². The molecule has 0 unspecified atom stereocenters. The SMILES string of the molecule is CNS(=O)(=O)Cc1ccccc1CNC(=O)c1cccnc1Sc1ccc(C)c(C)c1. The molecular formula is C23H25N3O3S2. The monoisotopic (exact) mass is 455 g/mol. The molecule has 3 rings (SSSR count). The lowest BCUT2D eigenvalue weighted by Crippen LogP contribution is -2.25. The van der Waals surface area contributed by atoms with Crippen LogP contribution in [0.2, 0.25) is 0 Å². The Bertz CT molecular complexity index is 1190. The summed E-state index contributed by atoms with van der Waals surface area (Å²) in [5.41, 5.74) is 4.27. The molecule has 162 valence electrons. The lowest BCUT2D eigenvalue weighted by atomic mass is 10.1. The van der Waals surface area contributed by atoms with E-state index in [9.17, 15) is 13.2 Å². The molecular weight excluding hydrogens is 430 g/mol. The van der Waals surface area contributed by atoms with Gasteiger partial charge in [-0.25, -0.2) is 18.1 Å². The molecule has 0 aliphatic rings. The Hall–Kier alpha value is -2.68. The highest BCUT2D eigenvalue weighted by atomic mass is 32.2. The predicted molar refractivity (Wildman–Crippen MR) is 124 cm³/mol. The second kappa shape index (κ2) is 10.1. The summed E-state index contributed by atoms with van der Waals surface area (Å²) in [7, 11) is -2.02. The highest BCUT2D eigenvalue weighted by Crippen LogP contribution is 2.30. The number of rotatable bonds is 8. The van der Waals surface area contributed by atoms with Gasteiger partial charge in [0.15, 0.2) is 0 Å². The zero-order valence-electron chi connectivity index (χ0n) is 17.7. The first-order valence-corrected chi connectivity index (χ1v) is 12.2. The van der Waals surface area contributed by atoms with Crippen molar-refractivity contribution in [2.24, 2.45) is 0 Å². The van der Waals surface area contributed by atoms with Gasteiger partial charge in [-0.2, -0.15) is 0 Å². The molecule has 0 spiro atoms. The lowest BCUT2D eigenvalue weighted by Gasteiger charge is -2.12. The summed E-state index contributed by atoms with van der Waals surface area (Å²) in [5, 5.41) is 3.52. The number of hydrogen-bond acceptors (Lipinski definition) is 5. The number of pyridine rings is 1.